The van der Waals surface area contributed by atoms with Crippen molar-refractivity contribution in [2.24, 2.45) is 11.3 Å². The second kappa shape index (κ2) is 7.28. The third kappa shape index (κ3) is 3.61. The van der Waals surface area contributed by atoms with Crippen molar-refractivity contribution in [1.29, 1.82) is 0 Å². The Morgan fingerprint density at radius 2 is 1.97 bits per heavy atom. The van der Waals surface area contributed by atoms with Crippen LogP contribution in [0.5, 0.6) is 0 Å². The molecule has 1 aromatic rings. The van der Waals surface area contributed by atoms with E-state index in [0.29, 0.717) is 19.4 Å². The Labute approximate surface area is 176 Å². The number of hydrogen-bond donors (Lipinski definition) is 2. The van der Waals surface area contributed by atoms with E-state index in [0.717, 1.165) is 6.07 Å². The number of piperazine rings is 1. The summed E-state index contributed by atoms with van der Waals surface area (Å²) in [5, 5.41) is 4.72. The number of urea groups is 1. The first-order valence-electron chi connectivity index (χ1n) is 9.88. The normalized spacial score (nSPS) is 25.9. The molecule has 5 nitrogen and oxygen atoms in total. The van der Waals surface area contributed by atoms with Gasteiger partial charge in [0, 0.05) is 31.5 Å². The van der Waals surface area contributed by atoms with E-state index in [1.54, 1.807) is 6.92 Å². The van der Waals surface area contributed by atoms with Crippen molar-refractivity contribution < 1.29 is 27.2 Å². The number of hydrogen-bond acceptors (Lipinski definition) is 2. The van der Waals surface area contributed by atoms with Crippen molar-refractivity contribution in [3.63, 3.8) is 0 Å². The minimum Gasteiger partial charge on any atom is -0.353 e. The van der Waals surface area contributed by atoms with E-state index in [-0.39, 0.29) is 36.8 Å². The summed E-state index contributed by atoms with van der Waals surface area (Å²) in [7, 11) is 0. The lowest BCUT2D eigenvalue weighted by atomic mass is 9.48. The average Bonchev–Trinajstić information content (AvgIpc) is 2.63. The molecule has 2 atom stereocenters. The van der Waals surface area contributed by atoms with Crippen LogP contribution in [-0.2, 0) is 4.79 Å². The molecular weight excluding hydrogens is 426 g/mol. The van der Waals surface area contributed by atoms with Crippen molar-refractivity contribution in [3.05, 3.63) is 34.4 Å². The minimum absolute atomic E-state index is 0.00907. The predicted octanol–water partition coefficient (Wildman–Crippen LogP) is 4.01. The molecular formula is C20H22ClF4N3O2. The Balaban J connectivity index is 1.56. The Morgan fingerprint density at radius 3 is 2.60 bits per heavy atom. The smallest absolute Gasteiger partial charge is 0.318 e. The molecule has 1 aliphatic heterocycles. The third-order valence-corrected chi connectivity index (χ3v) is 6.91. The van der Waals surface area contributed by atoms with Crippen LogP contribution in [0.3, 0.4) is 0 Å². The van der Waals surface area contributed by atoms with E-state index >= 15 is 0 Å². The second-order valence-corrected chi connectivity index (χ2v) is 9.11. The van der Waals surface area contributed by atoms with Gasteiger partial charge in [-0.3, -0.25) is 4.79 Å². The summed E-state index contributed by atoms with van der Waals surface area (Å²) in [5.74, 6) is -5.18. The summed E-state index contributed by atoms with van der Waals surface area (Å²) < 4.78 is 55.1. The molecule has 1 saturated heterocycles. The van der Waals surface area contributed by atoms with Gasteiger partial charge in [0.05, 0.1) is 6.04 Å². The van der Waals surface area contributed by atoms with Crippen LogP contribution in [0.25, 0.3) is 0 Å². The van der Waals surface area contributed by atoms with Crippen LogP contribution in [-0.4, -0.2) is 41.9 Å². The monoisotopic (exact) mass is 447 g/mol. The van der Waals surface area contributed by atoms with Gasteiger partial charge in [-0.05, 0) is 37.2 Å². The van der Waals surface area contributed by atoms with E-state index < -0.39 is 46.1 Å². The molecule has 0 aromatic heterocycles. The van der Waals surface area contributed by atoms with Crippen LogP contribution in [0.15, 0.2) is 12.1 Å². The Hall–Kier alpha value is -2.03. The van der Waals surface area contributed by atoms with Gasteiger partial charge in [0.1, 0.15) is 22.7 Å². The number of carbonyl (C=O) groups is 2. The summed E-state index contributed by atoms with van der Waals surface area (Å²) in [6, 6.07) is 0.0885. The standard InChI is InChI=1S/C20H22ClF4N3O2/c1-10-17(29)26-4-5-28(10)18(30)27-16(12-2-3-13(22)14(21)15(12)23)11-6-19(7-11)8-20(24,25)9-19/h2-3,10-11,16H,4-9H2,1H3,(H,26,29)(H,27,30)/t10?,16-/m0/s1. The Morgan fingerprint density at radius 1 is 1.30 bits per heavy atom. The molecule has 2 saturated carbocycles. The highest BCUT2D eigenvalue weighted by Crippen LogP contribution is 2.66. The highest BCUT2D eigenvalue weighted by molar-refractivity contribution is 6.31. The SMILES string of the molecule is CC1C(=O)NCCN1C(=O)N[C@H](c1ccc(F)c(Cl)c1F)C1CC2(C1)CC(F)(F)C2. The van der Waals surface area contributed by atoms with Gasteiger partial charge in [-0.15, -0.1) is 0 Å². The molecule has 3 fully saturated rings. The van der Waals surface area contributed by atoms with Crippen LogP contribution < -0.4 is 10.6 Å². The Bertz CT molecular complexity index is 881. The van der Waals surface area contributed by atoms with Gasteiger partial charge in [0.25, 0.3) is 0 Å². The van der Waals surface area contributed by atoms with Gasteiger partial charge >= 0.3 is 6.03 Å². The molecule has 1 heterocycles. The van der Waals surface area contributed by atoms with Gasteiger partial charge in [-0.1, -0.05) is 17.7 Å². The zero-order chi connectivity index (χ0) is 21.8. The minimum atomic E-state index is -2.68. The predicted molar refractivity (Wildman–Crippen MR) is 101 cm³/mol. The highest BCUT2D eigenvalue weighted by Gasteiger charge is 2.63. The molecule has 1 aromatic carbocycles. The van der Waals surface area contributed by atoms with Crippen LogP contribution in [0.4, 0.5) is 22.4 Å². The molecule has 30 heavy (non-hydrogen) atoms. The number of rotatable bonds is 3. The highest BCUT2D eigenvalue weighted by atomic mass is 35.5. The van der Waals surface area contributed by atoms with E-state index in [1.165, 1.54) is 11.0 Å². The fourth-order valence-electron chi connectivity index (χ4n) is 5.13. The summed E-state index contributed by atoms with van der Waals surface area (Å²) in [5.41, 5.74) is -0.481. The largest absolute Gasteiger partial charge is 0.353 e. The van der Waals surface area contributed by atoms with Crippen molar-refractivity contribution in [3.8, 4) is 0 Å². The van der Waals surface area contributed by atoms with Crippen molar-refractivity contribution >= 4 is 23.5 Å². The first-order chi connectivity index (χ1) is 14.0. The van der Waals surface area contributed by atoms with Crippen LogP contribution in [0.1, 0.15) is 44.2 Å². The maximum Gasteiger partial charge on any atom is 0.318 e. The maximum absolute atomic E-state index is 14.8. The average molecular weight is 448 g/mol. The molecule has 3 aliphatic rings. The molecule has 1 unspecified atom stereocenters. The van der Waals surface area contributed by atoms with Gasteiger partial charge in [-0.2, -0.15) is 0 Å². The van der Waals surface area contributed by atoms with Gasteiger partial charge in [0.2, 0.25) is 11.8 Å². The molecule has 10 heteroatoms. The van der Waals surface area contributed by atoms with Crippen molar-refractivity contribution in [2.75, 3.05) is 13.1 Å². The lowest BCUT2D eigenvalue weighted by Gasteiger charge is -2.59. The second-order valence-electron chi connectivity index (χ2n) is 8.73. The van der Waals surface area contributed by atoms with Crippen molar-refractivity contribution in [1.82, 2.24) is 15.5 Å². The lowest BCUT2D eigenvalue weighted by molar-refractivity contribution is -0.210. The number of nitrogens with one attached hydrogen (secondary N) is 2. The van der Waals surface area contributed by atoms with Gasteiger partial charge < -0.3 is 15.5 Å². The fourth-order valence-corrected chi connectivity index (χ4v) is 5.30. The molecule has 164 valence electrons. The number of amides is 3. The number of benzene rings is 1. The number of alkyl halides is 2. The fraction of sp³-hybridized carbons (Fsp3) is 0.600. The Kier molecular flexibility index (Phi) is 5.15. The zero-order valence-corrected chi connectivity index (χ0v) is 17.0. The van der Waals surface area contributed by atoms with Crippen LogP contribution >= 0.6 is 11.6 Å². The molecule has 2 N–H and O–H groups in total. The van der Waals surface area contributed by atoms with Gasteiger partial charge in [0.15, 0.2) is 0 Å². The molecule has 3 amide bonds. The van der Waals surface area contributed by atoms with Gasteiger partial charge in [-0.25, -0.2) is 22.4 Å². The van der Waals surface area contributed by atoms with E-state index in [9.17, 15) is 27.2 Å². The van der Waals surface area contributed by atoms with E-state index in [2.05, 4.69) is 10.6 Å². The number of halogens is 5. The third-order valence-electron chi connectivity index (χ3n) is 6.57. The number of nitrogens with zero attached hydrogens (tertiary/aromatic N) is 1. The van der Waals surface area contributed by atoms with E-state index in [1.807, 2.05) is 0 Å². The van der Waals surface area contributed by atoms with Crippen LogP contribution in [0.2, 0.25) is 5.02 Å². The summed E-state index contributed by atoms with van der Waals surface area (Å²) >= 11 is 5.73. The van der Waals surface area contributed by atoms with Crippen LogP contribution in [0, 0.1) is 23.0 Å². The lowest BCUT2D eigenvalue weighted by Crippen LogP contribution is -2.60. The summed E-state index contributed by atoms with van der Waals surface area (Å²) in [4.78, 5) is 26.1. The summed E-state index contributed by atoms with van der Waals surface area (Å²) in [6.45, 7) is 2.14. The topological polar surface area (TPSA) is 61.4 Å². The number of carbonyl (C=O) groups excluding carboxylic acids is 2. The molecule has 0 radical (unpaired) electrons. The first-order valence-corrected chi connectivity index (χ1v) is 10.3. The quantitative estimate of drug-likeness (QED) is 0.543. The van der Waals surface area contributed by atoms with E-state index in [4.69, 9.17) is 11.6 Å². The molecule has 2 aliphatic carbocycles. The first kappa shape index (κ1) is 21.2. The molecule has 0 bridgehead atoms. The van der Waals surface area contributed by atoms with Crippen molar-refractivity contribution in [2.45, 2.75) is 50.6 Å². The molecule has 1 spiro atoms. The molecule has 4 rings (SSSR count). The maximum atomic E-state index is 14.8. The summed E-state index contributed by atoms with van der Waals surface area (Å²) in [6.07, 6.45) is 0.371. The zero-order valence-electron chi connectivity index (χ0n) is 16.3.